The smallest absolute Gasteiger partial charge is 0.145 e. The van der Waals surface area contributed by atoms with E-state index in [9.17, 15) is 0 Å². The average molecular weight is 189 g/mol. The number of nitrogens with zero attached hydrogens (tertiary/aromatic N) is 2. The van der Waals surface area contributed by atoms with Gasteiger partial charge in [0.05, 0.1) is 18.6 Å². The van der Waals surface area contributed by atoms with Crippen molar-refractivity contribution in [1.29, 1.82) is 0 Å². The second kappa shape index (κ2) is 4.02. The van der Waals surface area contributed by atoms with Gasteiger partial charge in [-0.25, -0.2) is 9.97 Å². The monoisotopic (exact) mass is 189 g/mol. The van der Waals surface area contributed by atoms with E-state index >= 15 is 0 Å². The average Bonchev–Trinajstić information content (AvgIpc) is 2.72. The summed E-state index contributed by atoms with van der Waals surface area (Å²) in [6.07, 6.45) is 7.40. The predicted molar refractivity (Wildman–Crippen MR) is 51.4 cm³/mol. The zero-order valence-corrected chi connectivity index (χ0v) is 7.63. The van der Waals surface area contributed by atoms with Gasteiger partial charge in [-0.15, -0.1) is 0 Å². The van der Waals surface area contributed by atoms with Crippen molar-refractivity contribution in [2.24, 2.45) is 5.73 Å². The number of hydrogen-bond donors (Lipinski definition) is 1. The Morgan fingerprint density at radius 2 is 2.14 bits per heavy atom. The highest BCUT2D eigenvalue weighted by Gasteiger charge is 2.09. The molecule has 0 bridgehead atoms. The third-order valence-corrected chi connectivity index (χ3v) is 1.95. The lowest BCUT2D eigenvalue weighted by Crippen LogP contribution is -2.15. The van der Waals surface area contributed by atoms with Crippen LogP contribution < -0.4 is 5.73 Å². The van der Waals surface area contributed by atoms with Crippen molar-refractivity contribution in [3.8, 4) is 0 Å². The Labute approximate surface area is 81.8 Å². The summed E-state index contributed by atoms with van der Waals surface area (Å²) >= 11 is 0. The van der Waals surface area contributed by atoms with Gasteiger partial charge in [-0.05, 0) is 24.1 Å². The van der Waals surface area contributed by atoms with Crippen molar-refractivity contribution in [2.75, 3.05) is 0 Å². The molecule has 0 aliphatic rings. The van der Waals surface area contributed by atoms with E-state index in [0.717, 1.165) is 5.56 Å². The third-order valence-electron chi connectivity index (χ3n) is 1.95. The summed E-state index contributed by atoms with van der Waals surface area (Å²) in [4.78, 5) is 8.18. The molecule has 0 aromatic carbocycles. The SMILES string of the molecule is NC(Cc1ccoc1)c1ncccn1. The van der Waals surface area contributed by atoms with Crippen LogP contribution in [-0.4, -0.2) is 9.97 Å². The van der Waals surface area contributed by atoms with Crippen molar-refractivity contribution in [3.63, 3.8) is 0 Å². The highest BCUT2D eigenvalue weighted by Crippen LogP contribution is 2.11. The van der Waals surface area contributed by atoms with Crippen molar-refractivity contribution < 1.29 is 4.42 Å². The van der Waals surface area contributed by atoms with E-state index in [1.54, 1.807) is 31.0 Å². The fraction of sp³-hybridized carbons (Fsp3) is 0.200. The summed E-state index contributed by atoms with van der Waals surface area (Å²) in [6.45, 7) is 0. The first-order valence-corrected chi connectivity index (χ1v) is 4.40. The van der Waals surface area contributed by atoms with Crippen LogP contribution in [0.2, 0.25) is 0 Å². The Morgan fingerprint density at radius 3 is 2.79 bits per heavy atom. The number of aromatic nitrogens is 2. The number of nitrogens with two attached hydrogens (primary N) is 1. The first-order valence-electron chi connectivity index (χ1n) is 4.40. The third kappa shape index (κ3) is 1.97. The first kappa shape index (κ1) is 8.90. The molecule has 0 saturated heterocycles. The van der Waals surface area contributed by atoms with E-state index in [1.807, 2.05) is 6.07 Å². The molecule has 2 aromatic rings. The van der Waals surface area contributed by atoms with Gasteiger partial charge >= 0.3 is 0 Å². The Balaban J connectivity index is 2.07. The van der Waals surface area contributed by atoms with Crippen LogP contribution in [0.3, 0.4) is 0 Å². The maximum atomic E-state index is 5.92. The zero-order chi connectivity index (χ0) is 9.80. The molecule has 2 aromatic heterocycles. The molecule has 72 valence electrons. The number of hydrogen-bond acceptors (Lipinski definition) is 4. The highest BCUT2D eigenvalue weighted by atomic mass is 16.3. The molecule has 0 fully saturated rings. The molecule has 0 aliphatic heterocycles. The Kier molecular flexibility index (Phi) is 2.55. The molecule has 2 N–H and O–H groups in total. The van der Waals surface area contributed by atoms with Crippen LogP contribution in [-0.2, 0) is 6.42 Å². The normalized spacial score (nSPS) is 12.6. The van der Waals surface area contributed by atoms with E-state index < -0.39 is 0 Å². The fourth-order valence-electron chi connectivity index (χ4n) is 1.26. The van der Waals surface area contributed by atoms with Gasteiger partial charge in [0, 0.05) is 12.4 Å². The molecule has 0 amide bonds. The van der Waals surface area contributed by atoms with Crippen molar-refractivity contribution in [3.05, 3.63) is 48.4 Å². The van der Waals surface area contributed by atoms with Crippen LogP contribution in [0.1, 0.15) is 17.4 Å². The summed E-state index contributed by atoms with van der Waals surface area (Å²) in [5, 5.41) is 0. The number of rotatable bonds is 3. The first-order chi connectivity index (χ1) is 6.86. The predicted octanol–water partition coefficient (Wildman–Crippen LogP) is 1.31. The summed E-state index contributed by atoms with van der Waals surface area (Å²) in [7, 11) is 0. The number of furan rings is 1. The van der Waals surface area contributed by atoms with Crippen LogP contribution in [0.25, 0.3) is 0 Å². The molecule has 0 spiro atoms. The standard InChI is InChI=1S/C10H11N3O/c11-9(6-8-2-5-14-7-8)10-12-3-1-4-13-10/h1-5,7,9H,6,11H2. The lowest BCUT2D eigenvalue weighted by atomic mass is 10.1. The van der Waals surface area contributed by atoms with Gasteiger partial charge in [0.25, 0.3) is 0 Å². The summed E-state index contributed by atoms with van der Waals surface area (Å²) in [5.74, 6) is 0.661. The molecule has 2 rings (SSSR count). The van der Waals surface area contributed by atoms with E-state index in [1.165, 1.54) is 0 Å². The quantitative estimate of drug-likeness (QED) is 0.790. The summed E-state index contributed by atoms with van der Waals surface area (Å²) in [6, 6.07) is 3.49. The van der Waals surface area contributed by atoms with Gasteiger partial charge in [-0.3, -0.25) is 0 Å². The molecule has 0 aliphatic carbocycles. The van der Waals surface area contributed by atoms with E-state index in [-0.39, 0.29) is 6.04 Å². The molecular weight excluding hydrogens is 178 g/mol. The van der Waals surface area contributed by atoms with Crippen LogP contribution >= 0.6 is 0 Å². The van der Waals surface area contributed by atoms with E-state index in [4.69, 9.17) is 10.2 Å². The molecule has 2 heterocycles. The van der Waals surface area contributed by atoms with Crippen LogP contribution in [0, 0.1) is 0 Å². The van der Waals surface area contributed by atoms with Gasteiger partial charge in [-0.2, -0.15) is 0 Å². The van der Waals surface area contributed by atoms with E-state index in [2.05, 4.69) is 9.97 Å². The molecule has 1 atom stereocenters. The van der Waals surface area contributed by atoms with Gasteiger partial charge in [0.15, 0.2) is 0 Å². The van der Waals surface area contributed by atoms with Crippen LogP contribution in [0.15, 0.2) is 41.5 Å². The van der Waals surface area contributed by atoms with Crippen LogP contribution in [0.4, 0.5) is 0 Å². The van der Waals surface area contributed by atoms with Gasteiger partial charge < -0.3 is 10.2 Å². The Morgan fingerprint density at radius 1 is 1.36 bits per heavy atom. The molecule has 4 heteroatoms. The Bertz CT molecular complexity index is 372. The van der Waals surface area contributed by atoms with Crippen molar-refractivity contribution in [2.45, 2.75) is 12.5 Å². The molecule has 1 unspecified atom stereocenters. The van der Waals surface area contributed by atoms with Crippen LogP contribution in [0.5, 0.6) is 0 Å². The second-order valence-electron chi connectivity index (χ2n) is 3.05. The largest absolute Gasteiger partial charge is 0.472 e. The minimum absolute atomic E-state index is 0.172. The topological polar surface area (TPSA) is 64.9 Å². The molecule has 0 saturated carbocycles. The van der Waals surface area contributed by atoms with Crippen molar-refractivity contribution in [1.82, 2.24) is 9.97 Å². The summed E-state index contributed by atoms with van der Waals surface area (Å²) in [5.41, 5.74) is 6.98. The maximum absolute atomic E-state index is 5.92. The second-order valence-corrected chi connectivity index (χ2v) is 3.05. The maximum Gasteiger partial charge on any atom is 0.145 e. The molecule has 14 heavy (non-hydrogen) atoms. The fourth-order valence-corrected chi connectivity index (χ4v) is 1.26. The zero-order valence-electron chi connectivity index (χ0n) is 7.63. The minimum atomic E-state index is -0.172. The molecule has 4 nitrogen and oxygen atoms in total. The van der Waals surface area contributed by atoms with Gasteiger partial charge in [-0.1, -0.05) is 0 Å². The minimum Gasteiger partial charge on any atom is -0.472 e. The van der Waals surface area contributed by atoms with Gasteiger partial charge in [0.1, 0.15) is 5.82 Å². The van der Waals surface area contributed by atoms with Crippen molar-refractivity contribution >= 4 is 0 Å². The molecular formula is C10H11N3O. The van der Waals surface area contributed by atoms with E-state index in [0.29, 0.717) is 12.2 Å². The highest BCUT2D eigenvalue weighted by molar-refractivity contribution is 5.10. The molecule has 0 radical (unpaired) electrons. The lowest BCUT2D eigenvalue weighted by Gasteiger charge is -2.07. The summed E-state index contributed by atoms with van der Waals surface area (Å²) < 4.78 is 4.95. The lowest BCUT2D eigenvalue weighted by molar-refractivity contribution is 0.560. The van der Waals surface area contributed by atoms with Gasteiger partial charge in [0.2, 0.25) is 0 Å². The Hall–Kier alpha value is -1.68.